The number of benzene rings is 1. The van der Waals surface area contributed by atoms with Gasteiger partial charge in [-0.15, -0.1) is 0 Å². The fourth-order valence-electron chi connectivity index (χ4n) is 3.13. The second kappa shape index (κ2) is 11.1. The third-order valence-corrected chi connectivity index (χ3v) is 5.19. The summed E-state index contributed by atoms with van der Waals surface area (Å²) in [6, 6.07) is 7.83. The van der Waals surface area contributed by atoms with Gasteiger partial charge < -0.3 is 39.9 Å². The molecule has 1 aromatic rings. The van der Waals surface area contributed by atoms with Gasteiger partial charge in [0, 0.05) is 6.42 Å². The summed E-state index contributed by atoms with van der Waals surface area (Å²) in [4.78, 5) is 42.1. The van der Waals surface area contributed by atoms with Gasteiger partial charge in [-0.1, -0.05) is 30.3 Å². The van der Waals surface area contributed by atoms with Gasteiger partial charge in [0.05, 0.1) is 26.2 Å². The summed E-state index contributed by atoms with van der Waals surface area (Å²) in [6.45, 7) is -0.786. The molecule has 0 bridgehead atoms. The molecule has 31 heavy (non-hydrogen) atoms. The Balaban J connectivity index is 2.03. The molecule has 1 saturated heterocycles. The normalized spacial score (nSPS) is 27.4. The first-order valence-corrected chi connectivity index (χ1v) is 10.9. The van der Waals surface area contributed by atoms with Gasteiger partial charge in [-0.05, 0) is 5.56 Å². The van der Waals surface area contributed by atoms with E-state index >= 15 is 0 Å². The van der Waals surface area contributed by atoms with Gasteiger partial charge in [-0.25, -0.2) is 9.36 Å². The second-order valence-corrected chi connectivity index (χ2v) is 8.25. The van der Waals surface area contributed by atoms with E-state index in [1.807, 2.05) is 0 Å². The molecule has 0 radical (unpaired) electrons. The van der Waals surface area contributed by atoms with Crippen LogP contribution in [0.25, 0.3) is 0 Å². The zero-order valence-electron chi connectivity index (χ0n) is 16.6. The maximum absolute atomic E-state index is 12.5. The van der Waals surface area contributed by atoms with Crippen LogP contribution in [-0.2, 0) is 34.6 Å². The van der Waals surface area contributed by atoms with Crippen LogP contribution >= 0.6 is 7.82 Å². The van der Waals surface area contributed by atoms with Crippen LogP contribution in [0.1, 0.15) is 12.0 Å². The van der Waals surface area contributed by atoms with E-state index in [9.17, 15) is 29.5 Å². The molecule has 2 rings (SSSR count). The minimum atomic E-state index is -4.87. The summed E-state index contributed by atoms with van der Waals surface area (Å²) in [5.41, 5.74) is 0.764. The number of methoxy groups -OCH3 is 1. The first-order valence-electron chi connectivity index (χ1n) is 9.32. The van der Waals surface area contributed by atoms with Crippen LogP contribution < -0.4 is 5.32 Å². The SMILES string of the molecule is COC(=O)C(Cc1ccccc1)NC(=O)CC1OC(COP(=O)(O)O)C(O)C(O)C1O. The lowest BCUT2D eigenvalue weighted by molar-refractivity contribution is -0.228. The molecule has 1 aliphatic heterocycles. The average Bonchev–Trinajstić information content (AvgIpc) is 2.72. The lowest BCUT2D eigenvalue weighted by atomic mass is 9.93. The van der Waals surface area contributed by atoms with Gasteiger partial charge in [0.2, 0.25) is 5.91 Å². The summed E-state index contributed by atoms with van der Waals surface area (Å²) in [6.07, 6.45) is -8.24. The Morgan fingerprint density at radius 1 is 1.10 bits per heavy atom. The first-order chi connectivity index (χ1) is 14.5. The largest absolute Gasteiger partial charge is 0.469 e. The fourth-order valence-corrected chi connectivity index (χ4v) is 3.47. The highest BCUT2D eigenvalue weighted by molar-refractivity contribution is 7.46. The number of aliphatic hydroxyl groups excluding tert-OH is 3. The Hall–Kier alpha value is -1.89. The summed E-state index contributed by atoms with van der Waals surface area (Å²) < 4.78 is 25.2. The Labute approximate surface area is 178 Å². The molecule has 13 heteroatoms. The van der Waals surface area contributed by atoms with Crippen molar-refractivity contribution < 1.29 is 53.3 Å². The number of amides is 1. The quantitative estimate of drug-likeness (QED) is 0.179. The van der Waals surface area contributed by atoms with Crippen molar-refractivity contribution in [3.8, 4) is 0 Å². The van der Waals surface area contributed by atoms with E-state index in [2.05, 4.69) is 9.84 Å². The molecular weight excluding hydrogens is 437 g/mol. The highest BCUT2D eigenvalue weighted by atomic mass is 31.2. The predicted molar refractivity (Wildman–Crippen MR) is 103 cm³/mol. The first kappa shape index (κ1) is 25.4. The van der Waals surface area contributed by atoms with Gasteiger partial charge in [0.1, 0.15) is 30.5 Å². The summed E-state index contributed by atoms with van der Waals surface area (Å²) in [5.74, 6) is -1.40. The molecule has 6 N–H and O–H groups in total. The highest BCUT2D eigenvalue weighted by Crippen LogP contribution is 2.37. The third kappa shape index (κ3) is 7.63. The predicted octanol–water partition coefficient (Wildman–Crippen LogP) is -1.76. The van der Waals surface area contributed by atoms with E-state index in [-0.39, 0.29) is 6.42 Å². The Kier molecular flexibility index (Phi) is 9.10. The summed E-state index contributed by atoms with van der Waals surface area (Å²) >= 11 is 0. The smallest absolute Gasteiger partial charge is 0.467 e. The highest BCUT2D eigenvalue weighted by Gasteiger charge is 2.45. The van der Waals surface area contributed by atoms with Crippen LogP contribution in [0.2, 0.25) is 0 Å². The molecule has 6 unspecified atom stereocenters. The number of rotatable bonds is 9. The van der Waals surface area contributed by atoms with E-state index in [1.165, 1.54) is 7.11 Å². The van der Waals surface area contributed by atoms with Crippen LogP contribution in [-0.4, -0.2) is 87.3 Å². The second-order valence-electron chi connectivity index (χ2n) is 7.01. The topological polar surface area (TPSA) is 192 Å². The van der Waals surface area contributed by atoms with Crippen molar-refractivity contribution in [1.29, 1.82) is 0 Å². The van der Waals surface area contributed by atoms with Crippen LogP contribution in [0.3, 0.4) is 0 Å². The van der Waals surface area contributed by atoms with Crippen molar-refractivity contribution >= 4 is 19.7 Å². The number of carbonyl (C=O) groups is 2. The molecule has 0 saturated carbocycles. The third-order valence-electron chi connectivity index (χ3n) is 4.71. The molecule has 1 heterocycles. The van der Waals surface area contributed by atoms with Crippen LogP contribution in [0.5, 0.6) is 0 Å². The molecule has 1 aromatic carbocycles. The number of hydrogen-bond donors (Lipinski definition) is 6. The van der Waals surface area contributed by atoms with Crippen molar-refractivity contribution in [3.05, 3.63) is 35.9 Å². The van der Waals surface area contributed by atoms with Gasteiger partial charge in [-0.3, -0.25) is 9.32 Å². The van der Waals surface area contributed by atoms with E-state index in [0.29, 0.717) is 0 Å². The number of hydrogen-bond acceptors (Lipinski definition) is 9. The Bertz CT molecular complexity index is 786. The summed E-state index contributed by atoms with van der Waals surface area (Å²) in [5, 5.41) is 32.5. The number of esters is 1. The van der Waals surface area contributed by atoms with E-state index in [1.54, 1.807) is 30.3 Å². The molecule has 0 aromatic heterocycles. The molecule has 1 aliphatic rings. The number of nitrogens with one attached hydrogen (secondary N) is 1. The van der Waals surface area contributed by atoms with Crippen molar-refractivity contribution in [3.63, 3.8) is 0 Å². The van der Waals surface area contributed by atoms with Crippen molar-refractivity contribution in [1.82, 2.24) is 5.32 Å². The van der Waals surface area contributed by atoms with Crippen molar-refractivity contribution in [2.24, 2.45) is 0 Å². The van der Waals surface area contributed by atoms with E-state index in [4.69, 9.17) is 19.3 Å². The Morgan fingerprint density at radius 3 is 2.29 bits per heavy atom. The van der Waals surface area contributed by atoms with Gasteiger partial charge in [-0.2, -0.15) is 0 Å². The number of ether oxygens (including phenoxy) is 2. The lowest BCUT2D eigenvalue weighted by Gasteiger charge is -2.40. The average molecular weight is 463 g/mol. The number of carbonyl (C=O) groups excluding carboxylic acids is 2. The number of phosphoric acid groups is 1. The molecule has 0 aliphatic carbocycles. The van der Waals surface area contributed by atoms with Crippen molar-refractivity contribution in [2.75, 3.05) is 13.7 Å². The fraction of sp³-hybridized carbons (Fsp3) is 0.556. The Morgan fingerprint density at radius 2 is 1.71 bits per heavy atom. The molecular formula is C18H26NO11P. The maximum Gasteiger partial charge on any atom is 0.469 e. The lowest BCUT2D eigenvalue weighted by Crippen LogP contribution is -2.59. The molecule has 1 fully saturated rings. The number of aliphatic hydroxyl groups is 3. The van der Waals surface area contributed by atoms with Crippen LogP contribution in [0, 0.1) is 0 Å². The summed E-state index contributed by atoms with van der Waals surface area (Å²) in [7, 11) is -3.70. The van der Waals surface area contributed by atoms with E-state index in [0.717, 1.165) is 5.56 Å². The standard InChI is InChI=1S/C18H26NO11P/c1-28-18(24)11(7-10-5-3-2-4-6-10)19-14(20)8-12-15(21)17(23)16(22)13(30-12)9-29-31(25,26)27/h2-6,11-13,15-17,21-23H,7-9H2,1H3,(H,19,20)(H2,25,26,27). The zero-order valence-corrected chi connectivity index (χ0v) is 17.5. The molecule has 0 spiro atoms. The van der Waals surface area contributed by atoms with Crippen LogP contribution in [0.4, 0.5) is 0 Å². The van der Waals surface area contributed by atoms with Crippen molar-refractivity contribution in [2.45, 2.75) is 49.4 Å². The molecule has 1 amide bonds. The molecule has 6 atom stereocenters. The molecule has 12 nitrogen and oxygen atoms in total. The van der Waals surface area contributed by atoms with Crippen LogP contribution in [0.15, 0.2) is 30.3 Å². The van der Waals surface area contributed by atoms with Gasteiger partial charge in [0.25, 0.3) is 0 Å². The molecule has 174 valence electrons. The minimum absolute atomic E-state index is 0.146. The number of phosphoric ester groups is 1. The van der Waals surface area contributed by atoms with E-state index < -0.39 is 69.3 Å². The maximum atomic E-state index is 12.5. The minimum Gasteiger partial charge on any atom is -0.467 e. The zero-order chi connectivity index (χ0) is 23.2. The van der Waals surface area contributed by atoms with Gasteiger partial charge in [0.15, 0.2) is 0 Å². The monoisotopic (exact) mass is 463 g/mol. The van der Waals surface area contributed by atoms with Gasteiger partial charge >= 0.3 is 13.8 Å².